The molecular formula is C65H104O6. The molecule has 0 rings (SSSR count). The Morgan fingerprint density at radius 2 is 0.549 bits per heavy atom. The van der Waals surface area contributed by atoms with Crippen molar-refractivity contribution in [3.63, 3.8) is 0 Å². The van der Waals surface area contributed by atoms with Gasteiger partial charge in [-0.15, -0.1) is 0 Å². The maximum Gasteiger partial charge on any atom is 0.306 e. The monoisotopic (exact) mass is 981 g/mol. The first kappa shape index (κ1) is 66.6. The van der Waals surface area contributed by atoms with Crippen LogP contribution in [0.2, 0.25) is 0 Å². The predicted octanol–water partition coefficient (Wildman–Crippen LogP) is 19.4. The maximum absolute atomic E-state index is 12.8. The molecule has 0 bridgehead atoms. The van der Waals surface area contributed by atoms with Gasteiger partial charge < -0.3 is 14.2 Å². The van der Waals surface area contributed by atoms with Crippen molar-refractivity contribution in [1.29, 1.82) is 0 Å². The first-order chi connectivity index (χ1) is 35.0. The first-order valence-electron chi connectivity index (χ1n) is 28.7. The van der Waals surface area contributed by atoms with Gasteiger partial charge in [0.05, 0.1) is 0 Å². The maximum atomic E-state index is 12.8. The average Bonchev–Trinajstić information content (AvgIpc) is 3.37. The van der Waals surface area contributed by atoms with Crippen LogP contribution in [0.3, 0.4) is 0 Å². The molecule has 0 aliphatic heterocycles. The van der Waals surface area contributed by atoms with E-state index in [9.17, 15) is 14.4 Å². The van der Waals surface area contributed by atoms with Gasteiger partial charge in [-0.2, -0.15) is 0 Å². The summed E-state index contributed by atoms with van der Waals surface area (Å²) in [5.41, 5.74) is 0. The average molecular weight is 982 g/mol. The van der Waals surface area contributed by atoms with E-state index < -0.39 is 6.10 Å². The number of carbonyl (C=O) groups is 3. The highest BCUT2D eigenvalue weighted by Gasteiger charge is 2.19. The lowest BCUT2D eigenvalue weighted by molar-refractivity contribution is -0.167. The fourth-order valence-electron chi connectivity index (χ4n) is 7.41. The highest BCUT2D eigenvalue weighted by molar-refractivity contribution is 5.71. The minimum atomic E-state index is -0.799. The second-order valence-electron chi connectivity index (χ2n) is 18.4. The van der Waals surface area contributed by atoms with E-state index in [0.29, 0.717) is 19.3 Å². The largest absolute Gasteiger partial charge is 0.462 e. The van der Waals surface area contributed by atoms with E-state index in [1.54, 1.807) is 0 Å². The van der Waals surface area contributed by atoms with Gasteiger partial charge in [0.1, 0.15) is 13.2 Å². The summed E-state index contributed by atoms with van der Waals surface area (Å²) < 4.78 is 16.8. The molecule has 0 aromatic heterocycles. The molecule has 0 aromatic carbocycles. The Kier molecular flexibility index (Phi) is 54.5. The Morgan fingerprint density at radius 1 is 0.296 bits per heavy atom. The number of allylic oxidation sites excluding steroid dienone is 22. The molecular weight excluding hydrogens is 877 g/mol. The second-order valence-corrected chi connectivity index (χ2v) is 18.4. The lowest BCUT2D eigenvalue weighted by Crippen LogP contribution is -2.30. The minimum Gasteiger partial charge on any atom is -0.462 e. The molecule has 0 amide bonds. The van der Waals surface area contributed by atoms with Crippen molar-refractivity contribution in [2.75, 3.05) is 13.2 Å². The fourth-order valence-corrected chi connectivity index (χ4v) is 7.41. The van der Waals surface area contributed by atoms with Crippen LogP contribution in [-0.2, 0) is 28.6 Å². The molecule has 0 aliphatic rings. The summed E-state index contributed by atoms with van der Waals surface area (Å²) in [6, 6.07) is 0. The summed E-state index contributed by atoms with van der Waals surface area (Å²) in [6.45, 7) is 6.32. The van der Waals surface area contributed by atoms with E-state index in [4.69, 9.17) is 14.2 Å². The number of hydrogen-bond acceptors (Lipinski definition) is 6. The molecule has 0 spiro atoms. The normalized spacial score (nSPS) is 13.1. The van der Waals surface area contributed by atoms with Gasteiger partial charge in [-0.25, -0.2) is 0 Å². The van der Waals surface area contributed by atoms with Crippen molar-refractivity contribution in [2.45, 2.75) is 245 Å². The van der Waals surface area contributed by atoms with Crippen LogP contribution in [0.4, 0.5) is 0 Å². The van der Waals surface area contributed by atoms with E-state index in [1.165, 1.54) is 57.8 Å². The summed E-state index contributed by atoms with van der Waals surface area (Å²) >= 11 is 0. The van der Waals surface area contributed by atoms with Crippen LogP contribution < -0.4 is 0 Å². The molecule has 0 fully saturated rings. The SMILES string of the molecule is CC/C=C\C/C=C\C/C=C\C/C=C\C/C=C\C/C=C\C/C=C\CCCCCC(=O)OCC(COC(=O)CCCCCCCCC)OC(=O)CCCCCCCCCC/C=C\C/C=C\C/C=C\C/C=C\CC. The summed E-state index contributed by atoms with van der Waals surface area (Å²) in [7, 11) is 0. The van der Waals surface area contributed by atoms with Gasteiger partial charge in [-0.05, 0) is 116 Å². The van der Waals surface area contributed by atoms with Crippen LogP contribution in [0.5, 0.6) is 0 Å². The standard InChI is InChI=1S/C65H104O6/c1-4-7-10-13-16-18-20-22-24-26-28-30-31-32-33-35-36-38-40-42-44-46-49-52-55-58-64(67)70-61-62(60-69-63(66)57-54-51-48-15-12-9-6-3)71-65(68)59-56-53-50-47-45-43-41-39-37-34-29-27-25-23-21-19-17-14-11-8-5-2/h7-8,10-11,16-19,22-25,28-30,32-34,36,38,42,44,62H,4-6,9,12-15,20-21,26-27,31,35,37,39-41,43,45-61H2,1-3H3/b10-7-,11-8-,18-16-,19-17-,24-22-,25-23-,30-28-,33-32-,34-29-,38-36-,44-42-. The third kappa shape index (κ3) is 56.3. The highest BCUT2D eigenvalue weighted by Crippen LogP contribution is 2.14. The lowest BCUT2D eigenvalue weighted by Gasteiger charge is -2.18. The van der Waals surface area contributed by atoms with Crippen LogP contribution in [0, 0.1) is 0 Å². The van der Waals surface area contributed by atoms with Crippen molar-refractivity contribution in [1.82, 2.24) is 0 Å². The van der Waals surface area contributed by atoms with Crippen molar-refractivity contribution in [2.24, 2.45) is 0 Å². The Balaban J connectivity index is 4.32. The smallest absolute Gasteiger partial charge is 0.306 e. The fraction of sp³-hybridized carbons (Fsp3) is 0.615. The molecule has 6 heteroatoms. The van der Waals surface area contributed by atoms with Crippen LogP contribution in [0.15, 0.2) is 134 Å². The Bertz CT molecular complexity index is 1550. The van der Waals surface area contributed by atoms with E-state index >= 15 is 0 Å². The quantitative estimate of drug-likeness (QED) is 0.0262. The van der Waals surface area contributed by atoms with Crippen molar-refractivity contribution in [3.05, 3.63) is 134 Å². The highest BCUT2D eigenvalue weighted by atomic mass is 16.6. The lowest BCUT2D eigenvalue weighted by atomic mass is 10.1. The molecule has 0 aromatic rings. The zero-order valence-electron chi connectivity index (χ0n) is 45.7. The molecule has 0 saturated carbocycles. The number of rotatable bonds is 50. The van der Waals surface area contributed by atoms with E-state index in [0.717, 1.165) is 141 Å². The van der Waals surface area contributed by atoms with Crippen molar-refractivity contribution < 1.29 is 28.6 Å². The zero-order chi connectivity index (χ0) is 51.4. The minimum absolute atomic E-state index is 0.0957. The van der Waals surface area contributed by atoms with Crippen LogP contribution in [-0.4, -0.2) is 37.2 Å². The summed E-state index contributed by atoms with van der Waals surface area (Å²) in [4.78, 5) is 38.0. The number of unbranched alkanes of at least 4 members (excludes halogenated alkanes) is 17. The van der Waals surface area contributed by atoms with Crippen molar-refractivity contribution >= 4 is 17.9 Å². The molecule has 0 saturated heterocycles. The molecule has 71 heavy (non-hydrogen) atoms. The summed E-state index contributed by atoms with van der Waals surface area (Å²) in [6.07, 6.45) is 81.7. The number of hydrogen-bond donors (Lipinski definition) is 0. The van der Waals surface area contributed by atoms with E-state index in [2.05, 4.69) is 154 Å². The van der Waals surface area contributed by atoms with Gasteiger partial charge in [-0.3, -0.25) is 14.4 Å². The Morgan fingerprint density at radius 3 is 0.873 bits per heavy atom. The molecule has 400 valence electrons. The summed E-state index contributed by atoms with van der Waals surface area (Å²) in [5, 5.41) is 0. The van der Waals surface area contributed by atoms with Crippen LogP contribution in [0.1, 0.15) is 239 Å². The van der Waals surface area contributed by atoms with Gasteiger partial charge in [0.25, 0.3) is 0 Å². The van der Waals surface area contributed by atoms with Gasteiger partial charge in [0, 0.05) is 19.3 Å². The van der Waals surface area contributed by atoms with E-state index in [-0.39, 0.29) is 31.1 Å². The number of esters is 3. The molecule has 0 N–H and O–H groups in total. The topological polar surface area (TPSA) is 78.9 Å². The van der Waals surface area contributed by atoms with Gasteiger partial charge in [0.2, 0.25) is 0 Å². The summed E-state index contributed by atoms with van der Waals surface area (Å²) in [5.74, 6) is -0.950. The Labute approximate surface area is 436 Å². The van der Waals surface area contributed by atoms with Gasteiger partial charge in [-0.1, -0.05) is 238 Å². The number of ether oxygens (including phenoxy) is 3. The van der Waals surface area contributed by atoms with Gasteiger partial charge in [0.15, 0.2) is 6.10 Å². The molecule has 0 aliphatic carbocycles. The third-order valence-electron chi connectivity index (χ3n) is 11.7. The predicted molar refractivity (Wildman–Crippen MR) is 306 cm³/mol. The molecule has 6 nitrogen and oxygen atoms in total. The van der Waals surface area contributed by atoms with Crippen LogP contribution in [0.25, 0.3) is 0 Å². The molecule has 1 unspecified atom stereocenters. The van der Waals surface area contributed by atoms with E-state index in [1.807, 2.05) is 0 Å². The molecule has 1 atom stereocenters. The molecule has 0 radical (unpaired) electrons. The molecule has 0 heterocycles. The van der Waals surface area contributed by atoms with Crippen LogP contribution >= 0.6 is 0 Å². The Hall–Kier alpha value is -4.45. The zero-order valence-corrected chi connectivity index (χ0v) is 45.7. The third-order valence-corrected chi connectivity index (χ3v) is 11.7. The van der Waals surface area contributed by atoms with Gasteiger partial charge >= 0.3 is 17.9 Å². The number of carbonyl (C=O) groups excluding carboxylic acids is 3. The second kappa shape index (κ2) is 58.1. The first-order valence-corrected chi connectivity index (χ1v) is 28.7. The van der Waals surface area contributed by atoms with Crippen molar-refractivity contribution in [3.8, 4) is 0 Å².